The summed E-state index contributed by atoms with van der Waals surface area (Å²) in [6.45, 7) is -0.452. The van der Waals surface area contributed by atoms with Gasteiger partial charge in [0.25, 0.3) is 0 Å². The van der Waals surface area contributed by atoms with Crippen LogP contribution in [-0.2, 0) is 26.1 Å². The summed E-state index contributed by atoms with van der Waals surface area (Å²) in [4.78, 5) is 11.6. The van der Waals surface area contributed by atoms with E-state index in [-0.39, 0.29) is 22.2 Å². The number of sulfonamides is 1. The van der Waals surface area contributed by atoms with E-state index in [0.29, 0.717) is 4.47 Å². The lowest BCUT2D eigenvalue weighted by Crippen LogP contribution is -2.36. The average Bonchev–Trinajstić information content (AvgIpc) is 2.61. The monoisotopic (exact) mass is 461 g/mol. The third-order valence-corrected chi connectivity index (χ3v) is 6.14. The second kappa shape index (κ2) is 8.85. The van der Waals surface area contributed by atoms with E-state index in [1.807, 2.05) is 6.07 Å². The van der Waals surface area contributed by atoms with Crippen LogP contribution in [-0.4, -0.2) is 39.5 Å². The van der Waals surface area contributed by atoms with Crippen molar-refractivity contribution in [1.29, 1.82) is 0 Å². The van der Waals surface area contributed by atoms with Gasteiger partial charge in [0.2, 0.25) is 10.0 Å². The van der Waals surface area contributed by atoms with Crippen LogP contribution in [0.5, 0.6) is 5.75 Å². The maximum Gasteiger partial charge on any atom is 0.321 e. The van der Waals surface area contributed by atoms with Crippen molar-refractivity contribution in [3.63, 3.8) is 0 Å². The predicted molar refractivity (Wildman–Crippen MR) is 102 cm³/mol. The van der Waals surface area contributed by atoms with Crippen LogP contribution in [0.3, 0.4) is 0 Å². The summed E-state index contributed by atoms with van der Waals surface area (Å²) in [5.41, 5.74) is 0.722. The van der Waals surface area contributed by atoms with E-state index in [0.717, 1.165) is 9.87 Å². The molecular weight excluding hydrogens is 446 g/mol. The SMILES string of the molecule is COC(=O)CN(Cc1ccccc1)S(=O)(=O)c1cc(Cl)cc(Br)c1OC. The van der Waals surface area contributed by atoms with Crippen molar-refractivity contribution in [1.82, 2.24) is 4.31 Å². The molecule has 0 aliphatic heterocycles. The van der Waals surface area contributed by atoms with Crippen molar-refractivity contribution >= 4 is 43.5 Å². The van der Waals surface area contributed by atoms with Crippen LogP contribution >= 0.6 is 27.5 Å². The highest BCUT2D eigenvalue weighted by Crippen LogP contribution is 2.37. The molecular formula is C17H17BrClNO5S. The van der Waals surface area contributed by atoms with Gasteiger partial charge in [-0.1, -0.05) is 41.9 Å². The van der Waals surface area contributed by atoms with Crippen molar-refractivity contribution in [2.24, 2.45) is 0 Å². The Balaban J connectivity index is 2.53. The summed E-state index contributed by atoms with van der Waals surface area (Å²) in [5, 5.41) is 0.217. The fourth-order valence-corrected chi connectivity index (χ4v) is 5.03. The van der Waals surface area contributed by atoms with Crippen LogP contribution in [0.4, 0.5) is 0 Å². The molecule has 0 unspecified atom stereocenters. The first-order valence-electron chi connectivity index (χ1n) is 7.43. The molecule has 0 N–H and O–H groups in total. The molecule has 0 spiro atoms. The van der Waals surface area contributed by atoms with Gasteiger partial charge in [-0.25, -0.2) is 8.42 Å². The third-order valence-electron chi connectivity index (χ3n) is 3.53. The summed E-state index contributed by atoms with van der Waals surface area (Å²) in [6, 6.07) is 11.7. The Bertz CT molecular complexity index is 890. The number of carbonyl (C=O) groups excluding carboxylic acids is 1. The molecule has 2 rings (SSSR count). The molecule has 6 nitrogen and oxygen atoms in total. The predicted octanol–water partition coefficient (Wildman–Crippen LogP) is 3.48. The van der Waals surface area contributed by atoms with E-state index < -0.39 is 22.5 Å². The van der Waals surface area contributed by atoms with Gasteiger partial charge in [0.15, 0.2) is 5.75 Å². The van der Waals surface area contributed by atoms with Crippen molar-refractivity contribution < 1.29 is 22.7 Å². The number of rotatable bonds is 7. The molecule has 0 radical (unpaired) electrons. The number of ether oxygens (including phenoxy) is 2. The minimum absolute atomic E-state index is 0.00837. The van der Waals surface area contributed by atoms with E-state index in [9.17, 15) is 13.2 Å². The summed E-state index contributed by atoms with van der Waals surface area (Å²) in [6.07, 6.45) is 0. The standard InChI is InChI=1S/C17H17BrClNO5S/c1-24-16(21)11-20(10-12-6-4-3-5-7-12)26(22,23)15-9-13(19)8-14(18)17(15)25-2/h3-9H,10-11H2,1-2H3. The topological polar surface area (TPSA) is 72.9 Å². The van der Waals surface area contributed by atoms with Gasteiger partial charge in [-0.2, -0.15) is 4.31 Å². The van der Waals surface area contributed by atoms with Gasteiger partial charge in [-0.15, -0.1) is 0 Å². The minimum atomic E-state index is -4.10. The Kier molecular flexibility index (Phi) is 7.05. The number of nitrogens with zero attached hydrogens (tertiary/aromatic N) is 1. The quantitative estimate of drug-likeness (QED) is 0.589. The molecule has 0 bridgehead atoms. The van der Waals surface area contributed by atoms with Gasteiger partial charge in [0.05, 0.1) is 18.7 Å². The van der Waals surface area contributed by atoms with Gasteiger partial charge in [0.1, 0.15) is 11.4 Å². The second-order valence-corrected chi connectivity index (χ2v) is 8.45. The Morgan fingerprint density at radius 3 is 2.42 bits per heavy atom. The van der Waals surface area contributed by atoms with Gasteiger partial charge in [-0.3, -0.25) is 4.79 Å². The van der Waals surface area contributed by atoms with Crippen LogP contribution in [0.2, 0.25) is 5.02 Å². The van der Waals surface area contributed by atoms with E-state index in [2.05, 4.69) is 20.7 Å². The minimum Gasteiger partial charge on any atom is -0.494 e. The molecule has 0 atom stereocenters. The number of benzene rings is 2. The van der Waals surface area contributed by atoms with E-state index in [1.54, 1.807) is 24.3 Å². The van der Waals surface area contributed by atoms with Crippen molar-refractivity contribution in [2.75, 3.05) is 20.8 Å². The lowest BCUT2D eigenvalue weighted by atomic mass is 10.2. The second-order valence-electron chi connectivity index (χ2n) is 5.25. The summed E-state index contributed by atoms with van der Waals surface area (Å²) in [5.74, 6) is -0.568. The van der Waals surface area contributed by atoms with Crippen LogP contribution in [0, 0.1) is 0 Å². The zero-order valence-electron chi connectivity index (χ0n) is 14.1. The molecule has 2 aromatic carbocycles. The van der Waals surface area contributed by atoms with E-state index in [1.165, 1.54) is 26.4 Å². The van der Waals surface area contributed by atoms with Crippen LogP contribution in [0.25, 0.3) is 0 Å². The van der Waals surface area contributed by atoms with Crippen molar-refractivity contribution in [2.45, 2.75) is 11.4 Å². The molecule has 26 heavy (non-hydrogen) atoms. The fourth-order valence-electron chi connectivity index (χ4n) is 2.29. The Morgan fingerprint density at radius 1 is 1.19 bits per heavy atom. The van der Waals surface area contributed by atoms with Gasteiger partial charge in [0, 0.05) is 11.6 Å². The highest BCUT2D eigenvalue weighted by atomic mass is 79.9. The first-order valence-corrected chi connectivity index (χ1v) is 10.0. The van der Waals surface area contributed by atoms with Crippen LogP contribution in [0.1, 0.15) is 5.56 Å². The lowest BCUT2D eigenvalue weighted by molar-refractivity contribution is -0.140. The summed E-state index contributed by atoms with van der Waals surface area (Å²) >= 11 is 9.27. The molecule has 0 saturated heterocycles. The average molecular weight is 463 g/mol. The zero-order chi connectivity index (χ0) is 19.3. The zero-order valence-corrected chi connectivity index (χ0v) is 17.3. The largest absolute Gasteiger partial charge is 0.494 e. The molecule has 0 aromatic heterocycles. The Labute approximate surface area is 165 Å². The van der Waals surface area contributed by atoms with Crippen LogP contribution in [0.15, 0.2) is 51.8 Å². The first kappa shape index (κ1) is 20.7. The molecule has 0 fully saturated rings. The molecule has 0 aliphatic rings. The molecule has 2 aromatic rings. The number of hydrogen-bond acceptors (Lipinski definition) is 5. The first-order chi connectivity index (χ1) is 12.3. The van der Waals surface area contributed by atoms with Gasteiger partial charge in [-0.05, 0) is 33.6 Å². The van der Waals surface area contributed by atoms with Crippen LogP contribution < -0.4 is 4.74 Å². The lowest BCUT2D eigenvalue weighted by Gasteiger charge is -2.23. The van der Waals surface area contributed by atoms with Gasteiger partial charge >= 0.3 is 5.97 Å². The smallest absolute Gasteiger partial charge is 0.321 e. The third kappa shape index (κ3) is 4.76. The van der Waals surface area contributed by atoms with Crippen molar-refractivity contribution in [3.05, 3.63) is 57.5 Å². The molecule has 0 heterocycles. The highest BCUT2D eigenvalue weighted by Gasteiger charge is 2.31. The maximum atomic E-state index is 13.2. The van der Waals surface area contributed by atoms with E-state index in [4.69, 9.17) is 16.3 Å². The Morgan fingerprint density at radius 2 is 1.85 bits per heavy atom. The molecule has 9 heteroatoms. The molecule has 140 valence electrons. The maximum absolute atomic E-state index is 13.2. The summed E-state index contributed by atoms with van der Waals surface area (Å²) < 4.78 is 37.7. The number of carbonyl (C=O) groups is 1. The number of hydrogen-bond donors (Lipinski definition) is 0. The molecule has 0 saturated carbocycles. The molecule has 0 amide bonds. The fraction of sp³-hybridized carbons (Fsp3) is 0.235. The van der Waals surface area contributed by atoms with Crippen molar-refractivity contribution in [3.8, 4) is 5.75 Å². The molecule has 0 aliphatic carbocycles. The number of esters is 1. The normalized spacial score (nSPS) is 11.4. The summed E-state index contributed by atoms with van der Waals surface area (Å²) in [7, 11) is -1.54. The van der Waals surface area contributed by atoms with Gasteiger partial charge < -0.3 is 9.47 Å². The Hall–Kier alpha value is -1.61. The highest BCUT2D eigenvalue weighted by molar-refractivity contribution is 9.10. The number of methoxy groups -OCH3 is 2. The van der Waals surface area contributed by atoms with E-state index >= 15 is 0 Å². The number of halogens is 2.